The molecule has 6 heteroatoms. The molecule has 0 spiro atoms. The molecular weight excluding hydrogens is 216 g/mol. The first-order valence-corrected chi connectivity index (χ1v) is 4.68. The number of H-pyrrole nitrogens is 1. The van der Waals surface area contributed by atoms with Crippen molar-refractivity contribution in [2.45, 2.75) is 6.54 Å². The molecular formula is C9H8N2O3S. The molecule has 2 aromatic rings. The molecule has 5 nitrogen and oxygen atoms in total. The standard InChI is InChI=1S/C9H8N2O3S/c12-8-11-6-3-5(4-10-9(13)15)1-2-7(6)14-8/h1-3H,4H2,(H,11,12)(H2,10,13,15). The molecule has 1 amide bonds. The van der Waals surface area contributed by atoms with E-state index in [1.807, 2.05) is 0 Å². The Kier molecular flexibility index (Phi) is 2.51. The first-order valence-electron chi connectivity index (χ1n) is 4.24. The number of rotatable bonds is 2. The summed E-state index contributed by atoms with van der Waals surface area (Å²) in [7, 11) is 0. The van der Waals surface area contributed by atoms with Gasteiger partial charge in [0.15, 0.2) is 5.58 Å². The number of carbonyl (C=O) groups is 1. The zero-order valence-corrected chi connectivity index (χ0v) is 8.51. The van der Waals surface area contributed by atoms with Crippen molar-refractivity contribution in [3.8, 4) is 0 Å². The van der Waals surface area contributed by atoms with Gasteiger partial charge in [0.2, 0.25) is 0 Å². The van der Waals surface area contributed by atoms with Crippen molar-refractivity contribution in [3.63, 3.8) is 0 Å². The molecule has 0 unspecified atom stereocenters. The smallest absolute Gasteiger partial charge is 0.408 e. The van der Waals surface area contributed by atoms with Crippen LogP contribution in [0.1, 0.15) is 5.56 Å². The van der Waals surface area contributed by atoms with Gasteiger partial charge in [-0.15, -0.1) is 0 Å². The number of oxazole rings is 1. The zero-order valence-electron chi connectivity index (χ0n) is 7.61. The summed E-state index contributed by atoms with van der Waals surface area (Å²) in [5, 5.41) is 2.14. The third-order valence-corrected chi connectivity index (χ3v) is 2.09. The van der Waals surface area contributed by atoms with Crippen LogP contribution in [0.3, 0.4) is 0 Å². The fourth-order valence-electron chi connectivity index (χ4n) is 1.29. The average molecular weight is 224 g/mol. The van der Waals surface area contributed by atoms with E-state index in [1.165, 1.54) is 0 Å². The fourth-order valence-corrected chi connectivity index (χ4v) is 1.37. The predicted octanol–water partition coefficient (Wildman–Crippen LogP) is 1.26. The van der Waals surface area contributed by atoms with Crippen molar-refractivity contribution >= 4 is 29.0 Å². The normalized spacial score (nSPS) is 10.5. The van der Waals surface area contributed by atoms with Crippen molar-refractivity contribution in [2.24, 2.45) is 0 Å². The van der Waals surface area contributed by atoms with Gasteiger partial charge < -0.3 is 9.73 Å². The maximum atomic E-state index is 10.9. The Morgan fingerprint density at radius 3 is 3.07 bits per heavy atom. The molecule has 1 heterocycles. The van der Waals surface area contributed by atoms with Crippen molar-refractivity contribution in [3.05, 3.63) is 34.3 Å². The third kappa shape index (κ3) is 2.21. The monoisotopic (exact) mass is 224 g/mol. The SMILES string of the molecule is O=C(S)NCc1ccc2oc(=O)[nH]c2c1. The lowest BCUT2D eigenvalue weighted by Crippen LogP contribution is -2.15. The van der Waals surface area contributed by atoms with E-state index in [0.717, 1.165) is 5.56 Å². The lowest BCUT2D eigenvalue weighted by Gasteiger charge is -2.00. The molecule has 0 fully saturated rings. The number of fused-ring (bicyclic) bond motifs is 1. The van der Waals surface area contributed by atoms with Crippen LogP contribution in [0.15, 0.2) is 27.4 Å². The summed E-state index contributed by atoms with van der Waals surface area (Å²) in [6.07, 6.45) is 0. The summed E-state index contributed by atoms with van der Waals surface area (Å²) in [5.74, 6) is -0.486. The molecule has 15 heavy (non-hydrogen) atoms. The highest BCUT2D eigenvalue weighted by Gasteiger charge is 2.02. The van der Waals surface area contributed by atoms with Gasteiger partial charge in [0.05, 0.1) is 5.52 Å². The summed E-state index contributed by atoms with van der Waals surface area (Å²) in [5.41, 5.74) is 1.98. The van der Waals surface area contributed by atoms with Gasteiger partial charge in [-0.25, -0.2) is 4.79 Å². The van der Waals surface area contributed by atoms with Crippen LogP contribution in [0, 0.1) is 0 Å². The highest BCUT2D eigenvalue weighted by Crippen LogP contribution is 2.11. The van der Waals surface area contributed by atoms with Crippen LogP contribution in [-0.2, 0) is 6.54 Å². The Bertz CT molecular complexity index is 558. The third-order valence-electron chi connectivity index (χ3n) is 1.93. The number of hydrogen-bond donors (Lipinski definition) is 3. The van der Waals surface area contributed by atoms with Crippen LogP contribution < -0.4 is 11.1 Å². The minimum atomic E-state index is -0.486. The molecule has 0 aliphatic carbocycles. The van der Waals surface area contributed by atoms with Crippen molar-refractivity contribution in [1.82, 2.24) is 10.3 Å². The van der Waals surface area contributed by atoms with E-state index in [1.54, 1.807) is 18.2 Å². The fraction of sp³-hybridized carbons (Fsp3) is 0.111. The molecule has 0 radical (unpaired) electrons. The molecule has 2 rings (SSSR count). The van der Waals surface area contributed by atoms with E-state index in [2.05, 4.69) is 22.9 Å². The van der Waals surface area contributed by atoms with E-state index in [9.17, 15) is 9.59 Å². The Morgan fingerprint density at radius 2 is 2.33 bits per heavy atom. The number of nitrogens with one attached hydrogen (secondary N) is 2. The molecule has 0 saturated heterocycles. The van der Waals surface area contributed by atoms with Gasteiger partial charge >= 0.3 is 5.76 Å². The molecule has 78 valence electrons. The first-order chi connectivity index (χ1) is 7.15. The van der Waals surface area contributed by atoms with Crippen molar-refractivity contribution < 1.29 is 9.21 Å². The number of hydrogen-bond acceptors (Lipinski definition) is 3. The highest BCUT2D eigenvalue weighted by molar-refractivity contribution is 7.96. The van der Waals surface area contributed by atoms with Gasteiger partial charge in [-0.1, -0.05) is 18.7 Å². The topological polar surface area (TPSA) is 75.1 Å². The maximum absolute atomic E-state index is 10.9. The van der Waals surface area contributed by atoms with Gasteiger partial charge in [-0.05, 0) is 17.7 Å². The second-order valence-corrected chi connectivity index (χ2v) is 3.41. The number of aromatic amines is 1. The Hall–Kier alpha value is -1.69. The zero-order chi connectivity index (χ0) is 10.8. The van der Waals surface area contributed by atoms with Crippen LogP contribution in [0.2, 0.25) is 0 Å². The summed E-state index contributed by atoms with van der Waals surface area (Å²) in [6.45, 7) is 0.367. The minimum Gasteiger partial charge on any atom is -0.408 e. The molecule has 0 saturated carbocycles. The van der Waals surface area contributed by atoms with Gasteiger partial charge in [0.1, 0.15) is 0 Å². The molecule has 0 aliphatic rings. The molecule has 2 N–H and O–H groups in total. The second-order valence-electron chi connectivity index (χ2n) is 3.00. The summed E-state index contributed by atoms with van der Waals surface area (Å²) in [6, 6.07) is 5.18. The molecule has 0 atom stereocenters. The van der Waals surface area contributed by atoms with Crippen LogP contribution >= 0.6 is 12.6 Å². The average Bonchev–Trinajstić information content (AvgIpc) is 2.53. The van der Waals surface area contributed by atoms with Crippen LogP contribution in [0.4, 0.5) is 4.79 Å². The maximum Gasteiger partial charge on any atom is 0.417 e. The van der Waals surface area contributed by atoms with Crippen molar-refractivity contribution in [1.29, 1.82) is 0 Å². The number of amides is 1. The van der Waals surface area contributed by atoms with E-state index < -0.39 is 11.0 Å². The highest BCUT2D eigenvalue weighted by atomic mass is 32.1. The second kappa shape index (κ2) is 3.82. The number of benzene rings is 1. The van der Waals surface area contributed by atoms with E-state index >= 15 is 0 Å². The largest absolute Gasteiger partial charge is 0.417 e. The van der Waals surface area contributed by atoms with E-state index in [4.69, 9.17) is 4.42 Å². The quantitative estimate of drug-likeness (QED) is 0.672. The number of carbonyl (C=O) groups excluding carboxylic acids is 1. The lowest BCUT2D eigenvalue weighted by atomic mass is 10.2. The summed E-state index contributed by atoms with van der Waals surface area (Å²) in [4.78, 5) is 24.0. The lowest BCUT2D eigenvalue weighted by molar-refractivity contribution is 0.260. The van der Waals surface area contributed by atoms with Gasteiger partial charge in [-0.3, -0.25) is 9.78 Å². The predicted molar refractivity (Wildman–Crippen MR) is 58.1 cm³/mol. The van der Waals surface area contributed by atoms with Gasteiger partial charge in [0.25, 0.3) is 5.24 Å². The Labute approximate surface area is 89.9 Å². The minimum absolute atomic E-state index is 0.367. The molecule has 0 aliphatic heterocycles. The summed E-state index contributed by atoms with van der Waals surface area (Å²) >= 11 is 3.58. The van der Waals surface area contributed by atoms with Crippen LogP contribution in [0.25, 0.3) is 11.1 Å². The first kappa shape index (κ1) is 9.85. The molecule has 0 bridgehead atoms. The van der Waals surface area contributed by atoms with Crippen molar-refractivity contribution in [2.75, 3.05) is 0 Å². The summed E-state index contributed by atoms with van der Waals surface area (Å²) < 4.78 is 4.83. The Morgan fingerprint density at radius 1 is 1.53 bits per heavy atom. The van der Waals surface area contributed by atoms with Gasteiger partial charge in [0, 0.05) is 6.54 Å². The van der Waals surface area contributed by atoms with E-state index in [-0.39, 0.29) is 0 Å². The molecule has 1 aromatic carbocycles. The number of aromatic nitrogens is 1. The van der Waals surface area contributed by atoms with Crippen LogP contribution in [-0.4, -0.2) is 10.2 Å². The van der Waals surface area contributed by atoms with E-state index in [0.29, 0.717) is 17.6 Å². The van der Waals surface area contributed by atoms with Crippen LogP contribution in [0.5, 0.6) is 0 Å². The Balaban J connectivity index is 2.30. The van der Waals surface area contributed by atoms with Gasteiger partial charge in [-0.2, -0.15) is 0 Å². The molecule has 1 aromatic heterocycles. The number of thiol groups is 1.